The molecule has 0 radical (unpaired) electrons. The maximum absolute atomic E-state index is 12.7. The number of alkyl halides is 3. The lowest BCUT2D eigenvalue weighted by molar-refractivity contribution is -0.136. The van der Waals surface area contributed by atoms with Gasteiger partial charge in [0.25, 0.3) is 0 Å². The molecular weight excluding hydrogens is 471 g/mol. The fourth-order valence-corrected chi connectivity index (χ4v) is 4.91. The molecule has 0 aromatic carbocycles. The number of aliphatic hydroxyl groups is 1. The van der Waals surface area contributed by atoms with E-state index in [1.807, 2.05) is 6.07 Å². The number of aliphatic hydroxyl groups excluding tert-OH is 1. The molecule has 3 aromatic rings. The van der Waals surface area contributed by atoms with E-state index >= 15 is 0 Å². The predicted molar refractivity (Wildman–Crippen MR) is 120 cm³/mol. The molecule has 2 N–H and O–H groups in total. The summed E-state index contributed by atoms with van der Waals surface area (Å²) >= 11 is 0. The van der Waals surface area contributed by atoms with Gasteiger partial charge in [0.15, 0.2) is 14.9 Å². The van der Waals surface area contributed by atoms with Crippen LogP contribution >= 0.6 is 0 Å². The highest BCUT2D eigenvalue weighted by Gasteiger charge is 2.30. The minimum atomic E-state index is -4.31. The van der Waals surface area contributed by atoms with Crippen molar-refractivity contribution in [3.05, 3.63) is 36.3 Å². The molecule has 1 atom stereocenters. The van der Waals surface area contributed by atoms with Gasteiger partial charge in [-0.3, -0.25) is 0 Å². The molecule has 0 unspecified atom stereocenters. The topological polar surface area (TPSA) is 109 Å². The van der Waals surface area contributed by atoms with Crippen molar-refractivity contribution >= 4 is 21.3 Å². The SMILES string of the molecule is C[C@@H](CC(F)(F)F)Nc1ncc2c(-c3ccc(S(C)(=O)=O)nc3)cc(C3CCC(O)CC3)n2n1. The summed E-state index contributed by atoms with van der Waals surface area (Å²) in [4.78, 5) is 8.29. The van der Waals surface area contributed by atoms with E-state index in [2.05, 4.69) is 20.4 Å². The van der Waals surface area contributed by atoms with Gasteiger partial charge in [-0.1, -0.05) is 0 Å². The van der Waals surface area contributed by atoms with Gasteiger partial charge in [0.05, 0.1) is 24.2 Å². The van der Waals surface area contributed by atoms with Crippen molar-refractivity contribution in [1.82, 2.24) is 19.6 Å². The molecule has 0 bridgehead atoms. The average Bonchev–Trinajstić information content (AvgIpc) is 3.11. The minimum Gasteiger partial charge on any atom is -0.393 e. The predicted octanol–water partition coefficient (Wildman–Crippen LogP) is 3.97. The zero-order valence-corrected chi connectivity index (χ0v) is 19.6. The lowest BCUT2D eigenvalue weighted by Crippen LogP contribution is -2.25. The summed E-state index contributed by atoms with van der Waals surface area (Å²) in [6.07, 6.45) is 1.21. The number of nitrogens with zero attached hydrogens (tertiary/aromatic N) is 4. The lowest BCUT2D eigenvalue weighted by atomic mass is 9.85. The van der Waals surface area contributed by atoms with E-state index in [1.54, 1.807) is 10.6 Å². The Labute approximate surface area is 195 Å². The third-order valence-corrected chi connectivity index (χ3v) is 7.00. The minimum absolute atomic E-state index is 0.0392. The molecule has 0 amide bonds. The van der Waals surface area contributed by atoms with Crippen LogP contribution in [-0.2, 0) is 9.84 Å². The van der Waals surface area contributed by atoms with Crippen molar-refractivity contribution in [1.29, 1.82) is 0 Å². The van der Waals surface area contributed by atoms with E-state index in [0.717, 1.165) is 30.4 Å². The summed E-state index contributed by atoms with van der Waals surface area (Å²) in [5, 5.41) is 17.1. The summed E-state index contributed by atoms with van der Waals surface area (Å²) in [6, 6.07) is 4.12. The van der Waals surface area contributed by atoms with Crippen LogP contribution in [0.1, 0.15) is 50.6 Å². The van der Waals surface area contributed by atoms with E-state index in [-0.39, 0.29) is 23.0 Å². The largest absolute Gasteiger partial charge is 0.393 e. The van der Waals surface area contributed by atoms with Gasteiger partial charge in [0.1, 0.15) is 0 Å². The first-order valence-electron chi connectivity index (χ1n) is 11.0. The number of anilines is 1. The lowest BCUT2D eigenvalue weighted by Gasteiger charge is -2.25. The Bertz CT molecular complexity index is 1270. The zero-order valence-electron chi connectivity index (χ0n) is 18.7. The standard InChI is InChI=1S/C22H26F3N5O3S/c1-13(10-22(23,24)25)28-21-27-12-19-17(15-5-8-20(26-11-15)34(2,32)33)9-18(30(19)29-21)14-3-6-16(31)7-4-14/h5,8-9,11-14,16,31H,3-4,6-7,10H2,1-2H3,(H,28,29)/t13-,14?,16?/m0/s1. The summed E-state index contributed by atoms with van der Waals surface area (Å²) in [5.74, 6) is 0.178. The van der Waals surface area contributed by atoms with Crippen LogP contribution in [0, 0.1) is 0 Å². The third-order valence-electron chi connectivity index (χ3n) is 6.00. The molecule has 184 valence electrons. The number of halogens is 3. The Kier molecular flexibility index (Phi) is 6.56. The van der Waals surface area contributed by atoms with Gasteiger partial charge in [-0.05, 0) is 50.8 Å². The molecule has 0 saturated heterocycles. The normalized spacial score (nSPS) is 20.4. The third kappa shape index (κ3) is 5.49. The second-order valence-electron chi connectivity index (χ2n) is 8.89. The van der Waals surface area contributed by atoms with Gasteiger partial charge >= 0.3 is 6.18 Å². The number of rotatable bonds is 6. The molecule has 4 rings (SSSR count). The molecule has 1 aliphatic rings. The number of aromatic nitrogens is 4. The van der Waals surface area contributed by atoms with E-state index in [4.69, 9.17) is 0 Å². The monoisotopic (exact) mass is 497 g/mol. The fraction of sp³-hybridized carbons (Fsp3) is 0.500. The highest BCUT2D eigenvalue weighted by Crippen LogP contribution is 2.37. The Morgan fingerprint density at radius 1 is 1.18 bits per heavy atom. The second-order valence-corrected chi connectivity index (χ2v) is 10.9. The summed E-state index contributed by atoms with van der Waals surface area (Å²) in [7, 11) is -3.44. The van der Waals surface area contributed by atoms with Crippen molar-refractivity contribution in [3.8, 4) is 11.1 Å². The molecule has 1 aliphatic carbocycles. The quantitative estimate of drug-likeness (QED) is 0.530. The van der Waals surface area contributed by atoms with Crippen molar-refractivity contribution in [2.75, 3.05) is 11.6 Å². The van der Waals surface area contributed by atoms with Gasteiger partial charge < -0.3 is 10.4 Å². The van der Waals surface area contributed by atoms with Crippen LogP contribution in [0.4, 0.5) is 19.1 Å². The first kappa shape index (κ1) is 24.4. The molecular formula is C22H26F3N5O3S. The van der Waals surface area contributed by atoms with Gasteiger partial charge in [0, 0.05) is 41.2 Å². The first-order valence-corrected chi connectivity index (χ1v) is 12.9. The highest BCUT2D eigenvalue weighted by atomic mass is 32.2. The number of nitrogens with one attached hydrogen (secondary N) is 1. The molecule has 1 saturated carbocycles. The number of fused-ring (bicyclic) bond motifs is 1. The van der Waals surface area contributed by atoms with Gasteiger partial charge in [-0.15, -0.1) is 5.10 Å². The smallest absolute Gasteiger partial charge is 0.391 e. The van der Waals surface area contributed by atoms with Crippen LogP contribution in [0.2, 0.25) is 0 Å². The van der Waals surface area contributed by atoms with E-state index < -0.39 is 28.5 Å². The molecule has 3 heterocycles. The maximum Gasteiger partial charge on any atom is 0.391 e. The molecule has 3 aromatic heterocycles. The second kappa shape index (κ2) is 9.14. The molecule has 34 heavy (non-hydrogen) atoms. The van der Waals surface area contributed by atoms with Gasteiger partial charge in [0.2, 0.25) is 5.95 Å². The molecule has 12 heteroatoms. The van der Waals surface area contributed by atoms with Crippen LogP contribution in [0.5, 0.6) is 0 Å². The molecule has 8 nitrogen and oxygen atoms in total. The van der Waals surface area contributed by atoms with Crippen molar-refractivity contribution in [3.63, 3.8) is 0 Å². The average molecular weight is 498 g/mol. The Morgan fingerprint density at radius 2 is 1.88 bits per heavy atom. The summed E-state index contributed by atoms with van der Waals surface area (Å²) in [5.41, 5.74) is 2.90. The zero-order chi connectivity index (χ0) is 24.7. The number of hydrogen-bond acceptors (Lipinski definition) is 7. The van der Waals surface area contributed by atoms with E-state index in [0.29, 0.717) is 23.9 Å². The van der Waals surface area contributed by atoms with Gasteiger partial charge in [-0.2, -0.15) is 13.2 Å². The summed E-state index contributed by atoms with van der Waals surface area (Å²) < 4.78 is 63.4. The van der Waals surface area contributed by atoms with Crippen LogP contribution in [-0.4, -0.2) is 57.7 Å². The number of hydrogen-bond donors (Lipinski definition) is 2. The van der Waals surface area contributed by atoms with E-state index in [1.165, 1.54) is 25.4 Å². The molecule has 0 spiro atoms. The van der Waals surface area contributed by atoms with Crippen LogP contribution in [0.3, 0.4) is 0 Å². The Hall–Kier alpha value is -2.73. The van der Waals surface area contributed by atoms with Crippen LogP contribution < -0.4 is 5.32 Å². The Morgan fingerprint density at radius 3 is 2.47 bits per heavy atom. The van der Waals surface area contributed by atoms with Gasteiger partial charge in [-0.25, -0.2) is 22.9 Å². The summed E-state index contributed by atoms with van der Waals surface area (Å²) in [6.45, 7) is 1.42. The van der Waals surface area contributed by atoms with Crippen LogP contribution in [0.15, 0.2) is 35.6 Å². The van der Waals surface area contributed by atoms with Crippen molar-refractivity contribution < 1.29 is 26.7 Å². The van der Waals surface area contributed by atoms with Crippen molar-refractivity contribution in [2.45, 2.75) is 68.3 Å². The Balaban J connectivity index is 1.74. The number of pyridine rings is 1. The first-order chi connectivity index (χ1) is 15.9. The van der Waals surface area contributed by atoms with E-state index in [9.17, 15) is 26.7 Å². The maximum atomic E-state index is 12.7. The highest BCUT2D eigenvalue weighted by molar-refractivity contribution is 7.90. The van der Waals surface area contributed by atoms with Crippen molar-refractivity contribution in [2.24, 2.45) is 0 Å². The molecule has 1 fully saturated rings. The molecule has 0 aliphatic heterocycles. The number of sulfone groups is 1. The fourth-order valence-electron chi connectivity index (χ4n) is 4.35. The van der Waals surface area contributed by atoms with Crippen LogP contribution in [0.25, 0.3) is 16.6 Å².